The number of morpholine rings is 1. The van der Waals surface area contributed by atoms with Crippen molar-refractivity contribution in [2.45, 2.75) is 13.5 Å². The molecule has 3 aromatic rings. The van der Waals surface area contributed by atoms with Crippen LogP contribution in [-0.4, -0.2) is 44.7 Å². The average Bonchev–Trinajstić information content (AvgIpc) is 3.16. The van der Waals surface area contributed by atoms with E-state index in [2.05, 4.69) is 22.3 Å². The maximum Gasteiger partial charge on any atom is 0.236 e. The number of ether oxygens (including phenoxy) is 1. The van der Waals surface area contributed by atoms with Crippen LogP contribution in [0.25, 0.3) is 21.6 Å². The van der Waals surface area contributed by atoms with E-state index >= 15 is 0 Å². The number of rotatable bonds is 6. The number of hydrogen-bond acceptors (Lipinski definition) is 7. The van der Waals surface area contributed by atoms with Gasteiger partial charge in [0.15, 0.2) is 11.6 Å². The van der Waals surface area contributed by atoms with Crippen LogP contribution in [-0.2, 0) is 21.3 Å². The van der Waals surface area contributed by atoms with E-state index < -0.39 is 10.0 Å². The van der Waals surface area contributed by atoms with Gasteiger partial charge in [-0.2, -0.15) is 0 Å². The Morgan fingerprint density at radius 2 is 2.17 bits per heavy atom. The molecule has 0 spiro atoms. The molecule has 4 rings (SSSR count). The fourth-order valence-electron chi connectivity index (χ4n) is 2.99. The van der Waals surface area contributed by atoms with E-state index in [-0.39, 0.29) is 11.4 Å². The lowest BCUT2D eigenvalue weighted by Crippen LogP contribution is -2.36. The largest absolute Gasteiger partial charge is 0.378 e. The second-order valence-corrected chi connectivity index (χ2v) is 9.85. The molecule has 3 heterocycles. The first-order valence-corrected chi connectivity index (χ1v) is 11.5. The number of aromatic nitrogens is 2. The summed E-state index contributed by atoms with van der Waals surface area (Å²) in [5, 5.41) is 0. The van der Waals surface area contributed by atoms with Crippen molar-refractivity contribution in [2.75, 3.05) is 31.2 Å². The third-order valence-corrected chi connectivity index (χ3v) is 7.14. The maximum absolute atomic E-state index is 12.0. The van der Waals surface area contributed by atoms with Crippen molar-refractivity contribution in [1.82, 2.24) is 14.7 Å². The van der Waals surface area contributed by atoms with Gasteiger partial charge in [0.05, 0.1) is 23.4 Å². The molecule has 0 atom stereocenters. The molecule has 0 aliphatic carbocycles. The smallest absolute Gasteiger partial charge is 0.236 e. The minimum absolute atomic E-state index is 0.0926. The quantitative estimate of drug-likeness (QED) is 0.649. The van der Waals surface area contributed by atoms with Crippen LogP contribution in [0, 0.1) is 6.07 Å². The number of fused-ring (bicyclic) bond motifs is 1. The zero-order valence-electron chi connectivity index (χ0n) is 16.0. The molecule has 0 unspecified atom stereocenters. The Hall–Kier alpha value is -2.33. The molecule has 2 aromatic heterocycles. The Balaban J connectivity index is 1.75. The molecule has 1 aromatic carbocycles. The zero-order chi connectivity index (χ0) is 20.4. The van der Waals surface area contributed by atoms with Crippen molar-refractivity contribution in [3.63, 3.8) is 0 Å². The highest BCUT2D eigenvalue weighted by Crippen LogP contribution is 2.34. The molecule has 7 nitrogen and oxygen atoms in total. The lowest BCUT2D eigenvalue weighted by Gasteiger charge is -2.28. The molecule has 1 fully saturated rings. The lowest BCUT2D eigenvalue weighted by atomic mass is 10.2. The summed E-state index contributed by atoms with van der Waals surface area (Å²) in [6.07, 6.45) is 0. The minimum Gasteiger partial charge on any atom is -0.378 e. The average molecular weight is 430 g/mol. The van der Waals surface area contributed by atoms with Crippen molar-refractivity contribution >= 4 is 37.4 Å². The predicted octanol–water partition coefficient (Wildman–Crippen LogP) is 2.95. The Labute approximate surface area is 174 Å². The van der Waals surface area contributed by atoms with Gasteiger partial charge in [-0.15, -0.1) is 11.3 Å². The number of thiophene rings is 1. The van der Waals surface area contributed by atoms with Gasteiger partial charge < -0.3 is 9.64 Å². The number of allylic oxidation sites excluding steroid dienone is 1. The SMILES string of the molecule is C=C(C)S(=O)(=O)NCc1cc2nc(-c3c[c]ccc3)nc(N3CCOCC3)c2s1. The third-order valence-electron chi connectivity index (χ3n) is 4.58. The molecule has 0 amide bonds. The van der Waals surface area contributed by atoms with Gasteiger partial charge in [0.25, 0.3) is 0 Å². The summed E-state index contributed by atoms with van der Waals surface area (Å²) < 4.78 is 33.0. The van der Waals surface area contributed by atoms with E-state index in [1.807, 2.05) is 30.3 Å². The summed E-state index contributed by atoms with van der Waals surface area (Å²) in [7, 11) is -3.52. The van der Waals surface area contributed by atoms with E-state index in [1.165, 1.54) is 18.3 Å². The van der Waals surface area contributed by atoms with Crippen LogP contribution in [0.1, 0.15) is 11.8 Å². The molecule has 1 aliphatic heterocycles. The second-order valence-electron chi connectivity index (χ2n) is 6.72. The second kappa shape index (κ2) is 8.19. The molecule has 29 heavy (non-hydrogen) atoms. The standard InChI is InChI=1S/C20H21N4O3S2/c1-14(2)29(25,26)21-13-16-12-17-18(28-16)20(24-8-10-27-11-9-24)23-19(22-17)15-6-4-3-5-7-15/h3-4,6-7,12,21H,1,8-11,13H2,2H3. The van der Waals surface area contributed by atoms with Crippen LogP contribution < -0.4 is 9.62 Å². The van der Waals surface area contributed by atoms with Crippen molar-refractivity contribution in [3.05, 3.63) is 52.8 Å². The highest BCUT2D eigenvalue weighted by Gasteiger charge is 2.20. The monoisotopic (exact) mass is 429 g/mol. The van der Waals surface area contributed by atoms with E-state index in [0.717, 1.165) is 39.6 Å². The van der Waals surface area contributed by atoms with Crippen LogP contribution in [0.4, 0.5) is 5.82 Å². The molecular weight excluding hydrogens is 408 g/mol. The Kier molecular flexibility index (Phi) is 5.64. The van der Waals surface area contributed by atoms with Gasteiger partial charge in [-0.3, -0.25) is 0 Å². The van der Waals surface area contributed by atoms with Crippen molar-refractivity contribution in [1.29, 1.82) is 0 Å². The summed E-state index contributed by atoms with van der Waals surface area (Å²) >= 11 is 1.50. The number of sulfonamides is 1. The van der Waals surface area contributed by atoms with Crippen LogP contribution >= 0.6 is 11.3 Å². The fraction of sp³-hybridized carbons (Fsp3) is 0.300. The van der Waals surface area contributed by atoms with Crippen LogP contribution in [0.3, 0.4) is 0 Å². The molecule has 151 valence electrons. The number of benzene rings is 1. The van der Waals surface area contributed by atoms with Crippen LogP contribution in [0.2, 0.25) is 0 Å². The van der Waals surface area contributed by atoms with E-state index in [4.69, 9.17) is 14.7 Å². The summed E-state index contributed by atoms with van der Waals surface area (Å²) in [4.78, 5) is 12.7. The predicted molar refractivity (Wildman–Crippen MR) is 115 cm³/mol. The van der Waals surface area contributed by atoms with Crippen molar-refractivity contribution < 1.29 is 13.2 Å². The Bertz CT molecular complexity index is 1140. The lowest BCUT2D eigenvalue weighted by molar-refractivity contribution is 0.122. The van der Waals surface area contributed by atoms with E-state index in [1.54, 1.807) is 0 Å². The van der Waals surface area contributed by atoms with Gasteiger partial charge in [0.1, 0.15) is 0 Å². The first-order valence-electron chi connectivity index (χ1n) is 9.19. The molecule has 1 aliphatic rings. The topological polar surface area (TPSA) is 84.4 Å². The first-order chi connectivity index (χ1) is 13.9. The number of nitrogens with zero attached hydrogens (tertiary/aromatic N) is 3. The van der Waals surface area contributed by atoms with Crippen LogP contribution in [0.15, 0.2) is 41.8 Å². The zero-order valence-corrected chi connectivity index (χ0v) is 17.6. The van der Waals surface area contributed by atoms with E-state index in [0.29, 0.717) is 19.0 Å². The minimum atomic E-state index is -3.52. The number of anilines is 1. The number of hydrogen-bond donors (Lipinski definition) is 1. The normalized spacial score (nSPS) is 15.0. The number of nitrogens with one attached hydrogen (secondary N) is 1. The van der Waals surface area contributed by atoms with Gasteiger partial charge in [0.2, 0.25) is 10.0 Å². The molecule has 1 N–H and O–H groups in total. The van der Waals surface area contributed by atoms with Gasteiger partial charge in [-0.05, 0) is 25.1 Å². The summed E-state index contributed by atoms with van der Waals surface area (Å²) in [5.74, 6) is 1.49. The van der Waals surface area contributed by atoms with Crippen molar-refractivity contribution in [3.8, 4) is 11.4 Å². The van der Waals surface area contributed by atoms with Gasteiger partial charge in [-0.1, -0.05) is 24.8 Å². The molecule has 0 bridgehead atoms. The van der Waals surface area contributed by atoms with Crippen LogP contribution in [0.5, 0.6) is 0 Å². The third kappa shape index (κ3) is 4.32. The fourth-order valence-corrected chi connectivity index (χ4v) is 4.73. The molecular formula is C20H21N4O3S2. The summed E-state index contributed by atoms with van der Waals surface area (Å²) in [6, 6.07) is 12.5. The molecule has 9 heteroatoms. The molecule has 0 saturated carbocycles. The van der Waals surface area contributed by atoms with Crippen molar-refractivity contribution in [2.24, 2.45) is 0 Å². The molecule has 1 saturated heterocycles. The van der Waals surface area contributed by atoms with Gasteiger partial charge in [0, 0.05) is 35.0 Å². The first kappa shape index (κ1) is 20.0. The van der Waals surface area contributed by atoms with Gasteiger partial charge in [-0.25, -0.2) is 23.1 Å². The summed E-state index contributed by atoms with van der Waals surface area (Å²) in [5.41, 5.74) is 1.69. The van der Waals surface area contributed by atoms with E-state index in [9.17, 15) is 8.42 Å². The highest BCUT2D eigenvalue weighted by atomic mass is 32.2. The summed E-state index contributed by atoms with van der Waals surface area (Å²) in [6.45, 7) is 7.97. The molecule has 1 radical (unpaired) electrons. The Morgan fingerprint density at radius 3 is 2.86 bits per heavy atom. The van der Waals surface area contributed by atoms with Gasteiger partial charge >= 0.3 is 0 Å². The highest BCUT2D eigenvalue weighted by molar-refractivity contribution is 7.93. The maximum atomic E-state index is 12.0. The Morgan fingerprint density at radius 1 is 1.38 bits per heavy atom.